The molecule has 1 aromatic carbocycles. The Morgan fingerprint density at radius 1 is 1.32 bits per heavy atom. The van der Waals surface area contributed by atoms with Crippen LogP contribution in [0.2, 0.25) is 0 Å². The number of likely N-dealkylation sites (N-methyl/N-ethyl adjacent to an activating group) is 1. The molecule has 0 radical (unpaired) electrons. The second-order valence-corrected chi connectivity index (χ2v) is 3.79. The highest BCUT2D eigenvalue weighted by atomic mass is 16.5. The van der Waals surface area contributed by atoms with Gasteiger partial charge >= 0.3 is 17.9 Å². The molecule has 0 spiro atoms. The molecule has 1 heterocycles. The fourth-order valence-electron chi connectivity index (χ4n) is 1.43. The zero-order valence-electron chi connectivity index (χ0n) is 10.1. The summed E-state index contributed by atoms with van der Waals surface area (Å²) in [5, 5.41) is 2.17. The third-order valence-corrected chi connectivity index (χ3v) is 2.44. The minimum Gasteiger partial charge on any atom is -0.443 e. The van der Waals surface area contributed by atoms with Crippen LogP contribution in [-0.4, -0.2) is 35.8 Å². The minimum absolute atomic E-state index is 0.0715. The van der Waals surface area contributed by atoms with E-state index in [-0.39, 0.29) is 12.6 Å². The Balaban J connectivity index is 1.95. The van der Waals surface area contributed by atoms with Gasteiger partial charge in [0.25, 0.3) is 0 Å². The van der Waals surface area contributed by atoms with Gasteiger partial charge in [-0.15, -0.1) is 4.99 Å². The van der Waals surface area contributed by atoms with E-state index in [1.807, 2.05) is 18.2 Å². The van der Waals surface area contributed by atoms with Crippen LogP contribution in [0.15, 0.2) is 35.3 Å². The van der Waals surface area contributed by atoms with E-state index < -0.39 is 17.9 Å². The average molecular weight is 261 g/mol. The normalized spacial score (nSPS) is 16.7. The first-order chi connectivity index (χ1) is 9.08. The fourth-order valence-corrected chi connectivity index (χ4v) is 1.43. The second-order valence-electron chi connectivity index (χ2n) is 3.79. The van der Waals surface area contributed by atoms with E-state index in [4.69, 9.17) is 4.74 Å². The van der Waals surface area contributed by atoms with Crippen LogP contribution >= 0.6 is 0 Å². The molecule has 1 fully saturated rings. The van der Waals surface area contributed by atoms with Crippen molar-refractivity contribution in [1.29, 1.82) is 0 Å². The molecule has 2 rings (SSSR count). The average Bonchev–Trinajstić information content (AvgIpc) is 2.65. The maximum absolute atomic E-state index is 11.4. The molecule has 0 unspecified atom stereocenters. The lowest BCUT2D eigenvalue weighted by atomic mass is 10.2. The molecule has 1 aliphatic rings. The third kappa shape index (κ3) is 2.95. The number of nitrogens with one attached hydrogen (secondary N) is 1. The molecule has 0 saturated carbocycles. The van der Waals surface area contributed by atoms with Crippen molar-refractivity contribution in [1.82, 2.24) is 10.2 Å². The molecule has 0 atom stereocenters. The first-order valence-electron chi connectivity index (χ1n) is 5.46. The van der Waals surface area contributed by atoms with Crippen molar-refractivity contribution >= 4 is 23.9 Å². The molecular formula is C12H11N3O4. The lowest BCUT2D eigenvalue weighted by Gasteiger charge is -2.06. The Bertz CT molecular complexity index is 553. The lowest BCUT2D eigenvalue weighted by Crippen LogP contribution is -2.29. The number of amides is 3. The van der Waals surface area contributed by atoms with E-state index in [9.17, 15) is 14.4 Å². The van der Waals surface area contributed by atoms with Gasteiger partial charge in [0.1, 0.15) is 6.61 Å². The molecule has 98 valence electrons. The summed E-state index contributed by atoms with van der Waals surface area (Å²) in [6.45, 7) is 0.0715. The zero-order valence-corrected chi connectivity index (χ0v) is 10.1. The number of ether oxygens (including phenoxy) is 1. The van der Waals surface area contributed by atoms with Gasteiger partial charge < -0.3 is 4.74 Å². The molecule has 19 heavy (non-hydrogen) atoms. The lowest BCUT2D eigenvalue weighted by molar-refractivity contribution is -0.139. The standard InChI is InChI=1S/C12H11N3O4/c1-15-10(17)9(16)13-11(15)14-12(18)19-7-8-5-3-2-4-6-8/h2-6H,7H2,1H3,(H,13,14,16,18). The number of carbonyl (C=O) groups excluding carboxylic acids is 3. The van der Waals surface area contributed by atoms with E-state index in [0.717, 1.165) is 10.5 Å². The molecule has 1 N–H and O–H groups in total. The Labute approximate surface area is 108 Å². The van der Waals surface area contributed by atoms with Crippen molar-refractivity contribution in [2.45, 2.75) is 6.61 Å². The van der Waals surface area contributed by atoms with E-state index in [0.29, 0.717) is 0 Å². The van der Waals surface area contributed by atoms with Crippen molar-refractivity contribution in [3.05, 3.63) is 35.9 Å². The van der Waals surface area contributed by atoms with Crippen molar-refractivity contribution in [2.75, 3.05) is 7.05 Å². The van der Waals surface area contributed by atoms with Crippen LogP contribution in [0.3, 0.4) is 0 Å². The van der Waals surface area contributed by atoms with Crippen LogP contribution in [0.25, 0.3) is 0 Å². The number of hydrogen-bond donors (Lipinski definition) is 1. The first-order valence-corrected chi connectivity index (χ1v) is 5.46. The predicted octanol–water partition coefficient (Wildman–Crippen LogP) is 0.267. The number of nitrogens with zero attached hydrogens (tertiary/aromatic N) is 2. The summed E-state index contributed by atoms with van der Waals surface area (Å²) >= 11 is 0. The Hall–Kier alpha value is -2.70. The number of benzene rings is 1. The van der Waals surface area contributed by atoms with E-state index in [1.54, 1.807) is 12.1 Å². The quantitative estimate of drug-likeness (QED) is 0.774. The van der Waals surface area contributed by atoms with Gasteiger partial charge in [-0.05, 0) is 5.56 Å². The summed E-state index contributed by atoms with van der Waals surface area (Å²) in [5.41, 5.74) is 0.816. The molecule has 0 aliphatic carbocycles. The SMILES string of the molecule is CN1C(=O)C(=O)N/C1=N/C(=O)OCc1ccccc1. The largest absolute Gasteiger partial charge is 0.443 e. The highest BCUT2D eigenvalue weighted by Crippen LogP contribution is 2.03. The monoisotopic (exact) mass is 261 g/mol. The van der Waals surface area contributed by atoms with Crippen molar-refractivity contribution in [3.8, 4) is 0 Å². The smallest absolute Gasteiger partial charge is 0.437 e. The fraction of sp³-hybridized carbons (Fsp3) is 0.167. The minimum atomic E-state index is -0.874. The number of carbonyl (C=O) groups is 3. The molecule has 1 aromatic rings. The summed E-state index contributed by atoms with van der Waals surface area (Å²) in [6.07, 6.45) is -0.874. The van der Waals surface area contributed by atoms with Gasteiger partial charge in [-0.3, -0.25) is 19.8 Å². The van der Waals surface area contributed by atoms with Crippen molar-refractivity contribution in [2.24, 2.45) is 4.99 Å². The third-order valence-electron chi connectivity index (χ3n) is 2.44. The Morgan fingerprint density at radius 2 is 2.00 bits per heavy atom. The van der Waals surface area contributed by atoms with Gasteiger partial charge in [0, 0.05) is 7.05 Å². The highest BCUT2D eigenvalue weighted by Gasteiger charge is 2.32. The molecule has 7 heteroatoms. The second kappa shape index (κ2) is 5.30. The summed E-state index contributed by atoms with van der Waals surface area (Å²) in [7, 11) is 1.34. The Kier molecular flexibility index (Phi) is 3.56. The van der Waals surface area contributed by atoms with Gasteiger partial charge in [0.15, 0.2) is 0 Å². The molecule has 1 aliphatic heterocycles. The number of rotatable bonds is 2. The van der Waals surface area contributed by atoms with Crippen molar-refractivity contribution < 1.29 is 19.1 Å². The van der Waals surface area contributed by atoms with Gasteiger partial charge in [-0.1, -0.05) is 30.3 Å². The number of aliphatic imine (C=N–C) groups is 1. The van der Waals surface area contributed by atoms with E-state index in [1.165, 1.54) is 7.05 Å². The molecule has 3 amide bonds. The van der Waals surface area contributed by atoms with E-state index >= 15 is 0 Å². The van der Waals surface area contributed by atoms with Crippen LogP contribution in [0, 0.1) is 0 Å². The highest BCUT2D eigenvalue weighted by molar-refractivity contribution is 6.45. The van der Waals surface area contributed by atoms with Gasteiger partial charge in [0.05, 0.1) is 0 Å². The molecule has 0 aromatic heterocycles. The van der Waals surface area contributed by atoms with Gasteiger partial charge in [-0.2, -0.15) is 0 Å². The molecule has 0 bridgehead atoms. The van der Waals surface area contributed by atoms with Crippen LogP contribution in [0.1, 0.15) is 5.56 Å². The molecule has 7 nitrogen and oxygen atoms in total. The Morgan fingerprint density at radius 3 is 2.58 bits per heavy atom. The summed E-state index contributed by atoms with van der Waals surface area (Å²) in [6, 6.07) is 9.08. The van der Waals surface area contributed by atoms with E-state index in [2.05, 4.69) is 10.3 Å². The maximum atomic E-state index is 11.4. The molecule has 1 saturated heterocycles. The summed E-state index contributed by atoms with van der Waals surface area (Å²) in [4.78, 5) is 38.1. The summed E-state index contributed by atoms with van der Waals surface area (Å²) in [5.74, 6) is -1.72. The maximum Gasteiger partial charge on any atom is 0.437 e. The number of hydrogen-bond acceptors (Lipinski definition) is 4. The van der Waals surface area contributed by atoms with Crippen LogP contribution in [0.5, 0.6) is 0 Å². The van der Waals surface area contributed by atoms with Crippen LogP contribution in [-0.2, 0) is 20.9 Å². The zero-order chi connectivity index (χ0) is 13.8. The first kappa shape index (κ1) is 12.7. The topological polar surface area (TPSA) is 88.1 Å². The van der Waals surface area contributed by atoms with Crippen LogP contribution < -0.4 is 5.32 Å². The predicted molar refractivity (Wildman–Crippen MR) is 65.0 cm³/mol. The number of guanidine groups is 1. The van der Waals surface area contributed by atoms with Gasteiger partial charge in [-0.25, -0.2) is 4.79 Å². The van der Waals surface area contributed by atoms with Crippen molar-refractivity contribution in [3.63, 3.8) is 0 Å². The van der Waals surface area contributed by atoms with Crippen LogP contribution in [0.4, 0.5) is 4.79 Å². The molecular weight excluding hydrogens is 250 g/mol. The van der Waals surface area contributed by atoms with Gasteiger partial charge in [0.2, 0.25) is 5.96 Å². The summed E-state index contributed by atoms with van der Waals surface area (Å²) < 4.78 is 4.89.